The lowest BCUT2D eigenvalue weighted by Crippen LogP contribution is -2.10. The Morgan fingerprint density at radius 2 is 1.61 bits per heavy atom. The Bertz CT molecular complexity index is 827. The van der Waals surface area contributed by atoms with Crippen LogP contribution in [0.15, 0.2) is 47.0 Å². The monoisotopic (exact) mass is 307 g/mol. The number of anilines is 1. The van der Waals surface area contributed by atoms with Crippen LogP contribution in [0.4, 0.5) is 5.69 Å². The van der Waals surface area contributed by atoms with Crippen LogP contribution in [-0.4, -0.2) is 10.1 Å². The highest BCUT2D eigenvalue weighted by atomic mass is 16.5. The molecule has 0 radical (unpaired) electrons. The molecule has 0 saturated carbocycles. The maximum atomic E-state index is 5.94. The highest BCUT2D eigenvalue weighted by molar-refractivity contribution is 5.64. The Morgan fingerprint density at radius 3 is 2.22 bits per heavy atom. The molecule has 2 aromatic carbocycles. The van der Waals surface area contributed by atoms with Gasteiger partial charge in [-0.2, -0.15) is 4.98 Å². The molecule has 0 unspecified atom stereocenters. The van der Waals surface area contributed by atoms with Crippen LogP contribution in [0, 0.1) is 6.92 Å². The van der Waals surface area contributed by atoms with Crippen molar-refractivity contribution in [1.29, 1.82) is 0 Å². The molecule has 1 heterocycles. The molecule has 3 aromatic rings. The van der Waals surface area contributed by atoms with Gasteiger partial charge in [0.1, 0.15) is 0 Å². The number of aromatic nitrogens is 2. The molecule has 23 heavy (non-hydrogen) atoms. The van der Waals surface area contributed by atoms with Crippen LogP contribution in [-0.2, 0) is 5.41 Å². The van der Waals surface area contributed by atoms with Crippen molar-refractivity contribution in [1.82, 2.24) is 10.1 Å². The lowest BCUT2D eigenvalue weighted by molar-refractivity contribution is 0.432. The first-order chi connectivity index (χ1) is 10.8. The van der Waals surface area contributed by atoms with Gasteiger partial charge in [-0.3, -0.25) is 0 Å². The number of hydrogen-bond donors (Lipinski definition) is 1. The van der Waals surface area contributed by atoms with E-state index in [0.717, 1.165) is 22.4 Å². The Labute approximate surface area is 136 Å². The number of nitrogens with zero attached hydrogens (tertiary/aromatic N) is 2. The van der Waals surface area contributed by atoms with Gasteiger partial charge in [-0.1, -0.05) is 56.3 Å². The van der Waals surface area contributed by atoms with Gasteiger partial charge in [-0.05, 0) is 35.6 Å². The molecular weight excluding hydrogens is 286 g/mol. The third-order valence-corrected chi connectivity index (χ3v) is 3.96. The van der Waals surface area contributed by atoms with E-state index in [2.05, 4.69) is 43.0 Å². The highest BCUT2D eigenvalue weighted by Crippen LogP contribution is 2.27. The molecular formula is C19H21N3O. The number of nitrogen functional groups attached to an aromatic ring is 1. The molecule has 2 N–H and O–H groups in total. The van der Waals surface area contributed by atoms with Gasteiger partial charge in [0.05, 0.1) is 0 Å². The van der Waals surface area contributed by atoms with E-state index < -0.39 is 0 Å². The second kappa shape index (κ2) is 5.54. The topological polar surface area (TPSA) is 64.9 Å². The molecule has 0 atom stereocenters. The Morgan fingerprint density at radius 1 is 0.957 bits per heavy atom. The minimum Gasteiger partial charge on any atom is -0.398 e. The van der Waals surface area contributed by atoms with Gasteiger partial charge in [0, 0.05) is 16.8 Å². The average molecular weight is 307 g/mol. The molecule has 0 aliphatic heterocycles. The summed E-state index contributed by atoms with van der Waals surface area (Å²) in [4.78, 5) is 4.48. The van der Waals surface area contributed by atoms with Gasteiger partial charge in [0.15, 0.2) is 0 Å². The van der Waals surface area contributed by atoms with Crippen molar-refractivity contribution < 1.29 is 4.52 Å². The molecule has 0 bridgehead atoms. The standard InChI is InChI=1S/C19H21N3O/c1-12-5-6-14(11-16(12)20)18-21-17(22-23-18)13-7-9-15(10-8-13)19(2,3)4/h5-11H,20H2,1-4H3. The molecule has 0 spiro atoms. The molecule has 3 rings (SSSR count). The minimum absolute atomic E-state index is 0.125. The van der Waals surface area contributed by atoms with Crippen molar-refractivity contribution >= 4 is 5.69 Å². The molecule has 0 fully saturated rings. The summed E-state index contributed by atoms with van der Waals surface area (Å²) in [5.74, 6) is 1.06. The largest absolute Gasteiger partial charge is 0.398 e. The Kier molecular flexibility index (Phi) is 3.68. The van der Waals surface area contributed by atoms with Gasteiger partial charge < -0.3 is 10.3 Å². The number of aryl methyl sites for hydroxylation is 1. The van der Waals surface area contributed by atoms with Crippen LogP contribution >= 0.6 is 0 Å². The number of hydrogen-bond acceptors (Lipinski definition) is 4. The molecule has 0 aliphatic carbocycles. The minimum atomic E-state index is 0.125. The fraction of sp³-hybridized carbons (Fsp3) is 0.263. The van der Waals surface area contributed by atoms with Crippen LogP contribution in [0.5, 0.6) is 0 Å². The molecule has 0 saturated heterocycles. The van der Waals surface area contributed by atoms with Gasteiger partial charge in [-0.25, -0.2) is 0 Å². The summed E-state index contributed by atoms with van der Waals surface area (Å²) in [7, 11) is 0. The van der Waals surface area contributed by atoms with E-state index in [4.69, 9.17) is 10.3 Å². The Balaban J connectivity index is 1.91. The van der Waals surface area contributed by atoms with E-state index in [1.54, 1.807) is 0 Å². The molecule has 118 valence electrons. The molecule has 4 nitrogen and oxygen atoms in total. The zero-order chi connectivity index (χ0) is 16.6. The third-order valence-electron chi connectivity index (χ3n) is 3.96. The van der Waals surface area contributed by atoms with Gasteiger partial charge in [-0.15, -0.1) is 0 Å². The summed E-state index contributed by atoms with van der Waals surface area (Å²) in [5, 5.41) is 4.08. The zero-order valence-electron chi connectivity index (χ0n) is 13.9. The summed E-state index contributed by atoms with van der Waals surface area (Å²) < 4.78 is 5.38. The highest BCUT2D eigenvalue weighted by Gasteiger charge is 2.15. The second-order valence-corrected chi connectivity index (χ2v) is 6.82. The lowest BCUT2D eigenvalue weighted by Gasteiger charge is -2.18. The number of benzene rings is 2. The zero-order valence-corrected chi connectivity index (χ0v) is 13.9. The van der Waals surface area contributed by atoms with E-state index in [0.29, 0.717) is 11.7 Å². The number of rotatable bonds is 2. The van der Waals surface area contributed by atoms with E-state index in [-0.39, 0.29) is 5.41 Å². The molecule has 0 amide bonds. The maximum Gasteiger partial charge on any atom is 0.258 e. The third kappa shape index (κ3) is 3.11. The molecule has 1 aromatic heterocycles. The van der Waals surface area contributed by atoms with E-state index in [1.165, 1.54) is 5.56 Å². The van der Waals surface area contributed by atoms with Crippen molar-refractivity contribution in [3.05, 3.63) is 53.6 Å². The SMILES string of the molecule is Cc1ccc(-c2nc(-c3ccc(C(C)(C)C)cc3)no2)cc1N. The normalized spacial score (nSPS) is 11.7. The van der Waals surface area contributed by atoms with Crippen LogP contribution in [0.1, 0.15) is 31.9 Å². The quantitative estimate of drug-likeness (QED) is 0.703. The van der Waals surface area contributed by atoms with E-state index >= 15 is 0 Å². The van der Waals surface area contributed by atoms with Crippen molar-refractivity contribution in [3.63, 3.8) is 0 Å². The van der Waals surface area contributed by atoms with Gasteiger partial charge in [0.25, 0.3) is 5.89 Å². The first-order valence-electron chi connectivity index (χ1n) is 7.66. The summed E-state index contributed by atoms with van der Waals surface area (Å²) in [5.41, 5.74) is 10.9. The van der Waals surface area contributed by atoms with Crippen LogP contribution in [0.3, 0.4) is 0 Å². The van der Waals surface area contributed by atoms with Gasteiger partial charge >= 0.3 is 0 Å². The fourth-order valence-electron chi connectivity index (χ4n) is 2.35. The van der Waals surface area contributed by atoms with Crippen molar-refractivity contribution in [3.8, 4) is 22.8 Å². The van der Waals surface area contributed by atoms with Gasteiger partial charge in [0.2, 0.25) is 5.82 Å². The van der Waals surface area contributed by atoms with Crippen molar-refractivity contribution in [2.75, 3.05) is 5.73 Å². The number of nitrogens with two attached hydrogens (primary N) is 1. The van der Waals surface area contributed by atoms with Crippen molar-refractivity contribution in [2.45, 2.75) is 33.1 Å². The predicted octanol–water partition coefficient (Wildman–Crippen LogP) is 4.59. The summed E-state index contributed by atoms with van der Waals surface area (Å²) in [6.07, 6.45) is 0. The maximum absolute atomic E-state index is 5.94. The smallest absolute Gasteiger partial charge is 0.258 e. The molecule has 4 heteroatoms. The summed E-state index contributed by atoms with van der Waals surface area (Å²) in [6, 6.07) is 14.0. The van der Waals surface area contributed by atoms with E-state index in [9.17, 15) is 0 Å². The second-order valence-electron chi connectivity index (χ2n) is 6.82. The Hall–Kier alpha value is -2.62. The summed E-state index contributed by atoms with van der Waals surface area (Å²) >= 11 is 0. The first-order valence-corrected chi connectivity index (χ1v) is 7.66. The fourth-order valence-corrected chi connectivity index (χ4v) is 2.35. The van der Waals surface area contributed by atoms with E-state index in [1.807, 2.05) is 37.3 Å². The first kappa shape index (κ1) is 15.3. The average Bonchev–Trinajstić information content (AvgIpc) is 2.99. The molecule has 0 aliphatic rings. The predicted molar refractivity (Wildman–Crippen MR) is 93.0 cm³/mol. The van der Waals surface area contributed by atoms with Crippen LogP contribution in [0.2, 0.25) is 0 Å². The van der Waals surface area contributed by atoms with Crippen LogP contribution in [0.25, 0.3) is 22.8 Å². The summed E-state index contributed by atoms with van der Waals surface area (Å²) in [6.45, 7) is 8.54. The lowest BCUT2D eigenvalue weighted by atomic mass is 9.87. The van der Waals surface area contributed by atoms with Crippen LogP contribution < -0.4 is 5.73 Å². The van der Waals surface area contributed by atoms with Crippen molar-refractivity contribution in [2.24, 2.45) is 0 Å².